The standard InChI is InChI=1S/C11H14Cl2N2O2.2ClH/c1-2-17-10(16)6-15-5-7-9(14)4-3-8(12)11(7)13;;/h3-4,15H,2,5-6,14H2,1H3;2*1H. The van der Waals surface area contributed by atoms with Crippen molar-refractivity contribution in [2.75, 3.05) is 18.9 Å². The molecule has 0 aliphatic rings. The Labute approximate surface area is 134 Å². The summed E-state index contributed by atoms with van der Waals surface area (Å²) in [4.78, 5) is 11.1. The molecule has 1 aromatic carbocycles. The average Bonchev–Trinajstić information content (AvgIpc) is 2.29. The lowest BCUT2D eigenvalue weighted by Crippen LogP contribution is -2.24. The number of carbonyl (C=O) groups is 1. The number of benzene rings is 1. The summed E-state index contributed by atoms with van der Waals surface area (Å²) in [6.45, 7) is 2.59. The summed E-state index contributed by atoms with van der Waals surface area (Å²) in [6, 6.07) is 3.31. The predicted molar refractivity (Wildman–Crippen MR) is 83.7 cm³/mol. The summed E-state index contributed by atoms with van der Waals surface area (Å²) >= 11 is 11.9. The third-order valence-corrected chi connectivity index (χ3v) is 2.95. The molecule has 110 valence electrons. The highest BCUT2D eigenvalue weighted by Crippen LogP contribution is 2.29. The fourth-order valence-electron chi connectivity index (χ4n) is 1.29. The van der Waals surface area contributed by atoms with E-state index < -0.39 is 0 Å². The highest BCUT2D eigenvalue weighted by atomic mass is 35.5. The van der Waals surface area contributed by atoms with Crippen molar-refractivity contribution in [2.45, 2.75) is 13.5 Å². The number of hydrogen-bond donors (Lipinski definition) is 2. The van der Waals surface area contributed by atoms with Crippen LogP contribution < -0.4 is 11.1 Å². The molecule has 1 aromatic rings. The molecule has 1 rings (SSSR count). The van der Waals surface area contributed by atoms with Gasteiger partial charge in [-0.15, -0.1) is 24.8 Å². The van der Waals surface area contributed by atoms with Gasteiger partial charge >= 0.3 is 5.97 Å². The molecular weight excluding hydrogens is 334 g/mol. The predicted octanol–water partition coefficient (Wildman–Crippen LogP) is 3.07. The van der Waals surface area contributed by atoms with Crippen molar-refractivity contribution in [2.24, 2.45) is 0 Å². The molecule has 0 aromatic heterocycles. The Morgan fingerprint density at radius 1 is 1.37 bits per heavy atom. The van der Waals surface area contributed by atoms with E-state index in [1.807, 2.05) is 0 Å². The summed E-state index contributed by atoms with van der Waals surface area (Å²) < 4.78 is 4.77. The first-order valence-corrected chi connectivity index (χ1v) is 5.90. The second-order valence-electron chi connectivity index (χ2n) is 3.34. The fraction of sp³-hybridized carbons (Fsp3) is 0.364. The monoisotopic (exact) mass is 348 g/mol. The fourth-order valence-corrected chi connectivity index (χ4v) is 1.70. The van der Waals surface area contributed by atoms with Gasteiger partial charge < -0.3 is 15.8 Å². The second kappa shape index (κ2) is 10.4. The van der Waals surface area contributed by atoms with Crippen LogP contribution in [0.4, 0.5) is 5.69 Å². The molecule has 0 amide bonds. The van der Waals surface area contributed by atoms with Crippen molar-refractivity contribution in [3.8, 4) is 0 Å². The molecule has 3 N–H and O–H groups in total. The van der Waals surface area contributed by atoms with Gasteiger partial charge in [-0.2, -0.15) is 0 Å². The lowest BCUT2D eigenvalue weighted by atomic mass is 10.2. The quantitative estimate of drug-likeness (QED) is 0.633. The molecule has 19 heavy (non-hydrogen) atoms. The molecule has 0 atom stereocenters. The zero-order valence-electron chi connectivity index (χ0n) is 10.2. The molecule has 8 heteroatoms. The molecule has 0 fully saturated rings. The molecule has 0 unspecified atom stereocenters. The Balaban J connectivity index is 0. The molecular formula is C11H16Cl4N2O2. The largest absolute Gasteiger partial charge is 0.465 e. The molecule has 0 saturated carbocycles. The van der Waals surface area contributed by atoms with E-state index in [2.05, 4.69) is 5.32 Å². The first kappa shape index (κ1) is 20.9. The van der Waals surface area contributed by atoms with E-state index in [9.17, 15) is 4.79 Å². The van der Waals surface area contributed by atoms with Crippen LogP contribution in [-0.2, 0) is 16.1 Å². The lowest BCUT2D eigenvalue weighted by Gasteiger charge is -2.10. The van der Waals surface area contributed by atoms with Gasteiger partial charge in [0.1, 0.15) is 0 Å². The summed E-state index contributed by atoms with van der Waals surface area (Å²) in [7, 11) is 0. The third-order valence-electron chi connectivity index (χ3n) is 2.11. The maximum absolute atomic E-state index is 11.1. The molecule has 0 saturated heterocycles. The number of esters is 1. The van der Waals surface area contributed by atoms with E-state index in [4.69, 9.17) is 33.7 Å². The summed E-state index contributed by atoms with van der Waals surface area (Å²) in [5, 5.41) is 3.74. The van der Waals surface area contributed by atoms with Crippen molar-refractivity contribution < 1.29 is 9.53 Å². The smallest absolute Gasteiger partial charge is 0.319 e. The Morgan fingerprint density at radius 3 is 2.58 bits per heavy atom. The number of nitrogen functional groups attached to an aromatic ring is 1. The maximum Gasteiger partial charge on any atom is 0.319 e. The van der Waals surface area contributed by atoms with Crippen molar-refractivity contribution in [3.05, 3.63) is 27.7 Å². The number of nitrogens with two attached hydrogens (primary N) is 1. The zero-order chi connectivity index (χ0) is 12.8. The molecule has 0 spiro atoms. The first-order valence-electron chi connectivity index (χ1n) is 5.15. The third kappa shape index (κ3) is 6.54. The minimum Gasteiger partial charge on any atom is -0.465 e. The van der Waals surface area contributed by atoms with Crippen LogP contribution in [-0.4, -0.2) is 19.1 Å². The van der Waals surface area contributed by atoms with Crippen LogP contribution in [0.5, 0.6) is 0 Å². The number of anilines is 1. The van der Waals surface area contributed by atoms with E-state index in [0.717, 1.165) is 0 Å². The van der Waals surface area contributed by atoms with Crippen molar-refractivity contribution in [1.82, 2.24) is 5.32 Å². The second-order valence-corrected chi connectivity index (χ2v) is 4.12. The average molecular weight is 350 g/mol. The Bertz CT molecular complexity index is 416. The van der Waals surface area contributed by atoms with Gasteiger partial charge in [0.2, 0.25) is 0 Å². The van der Waals surface area contributed by atoms with Crippen molar-refractivity contribution >= 4 is 59.7 Å². The van der Waals surface area contributed by atoms with E-state index in [0.29, 0.717) is 34.4 Å². The maximum atomic E-state index is 11.1. The number of hydrogen-bond acceptors (Lipinski definition) is 4. The van der Waals surface area contributed by atoms with Gasteiger partial charge in [-0.3, -0.25) is 4.79 Å². The van der Waals surface area contributed by atoms with Crippen LogP contribution in [0.2, 0.25) is 10.0 Å². The van der Waals surface area contributed by atoms with Gasteiger partial charge in [-0.05, 0) is 19.1 Å². The normalized spacial score (nSPS) is 9.21. The highest BCUT2D eigenvalue weighted by molar-refractivity contribution is 6.42. The molecule has 0 aliphatic heterocycles. The van der Waals surface area contributed by atoms with Crippen molar-refractivity contribution in [1.29, 1.82) is 0 Å². The van der Waals surface area contributed by atoms with Gasteiger partial charge in [0.15, 0.2) is 0 Å². The van der Waals surface area contributed by atoms with Gasteiger partial charge in [-0.1, -0.05) is 23.2 Å². The molecule has 4 nitrogen and oxygen atoms in total. The van der Waals surface area contributed by atoms with Crippen LogP contribution >= 0.6 is 48.0 Å². The van der Waals surface area contributed by atoms with Crippen LogP contribution in [0.3, 0.4) is 0 Å². The number of halogens is 4. The number of rotatable bonds is 5. The zero-order valence-corrected chi connectivity index (χ0v) is 13.4. The molecule has 0 bridgehead atoms. The molecule has 0 heterocycles. The van der Waals surface area contributed by atoms with Crippen LogP contribution in [0, 0.1) is 0 Å². The summed E-state index contributed by atoms with van der Waals surface area (Å²) in [6.07, 6.45) is 0. The SMILES string of the molecule is CCOC(=O)CNCc1c(N)ccc(Cl)c1Cl.Cl.Cl. The number of carbonyl (C=O) groups excluding carboxylic acids is 1. The Hall–Kier alpha value is -0.390. The first-order chi connectivity index (χ1) is 8.06. The topological polar surface area (TPSA) is 64.3 Å². The van der Waals surface area contributed by atoms with Gasteiger partial charge in [0, 0.05) is 17.8 Å². The minimum atomic E-state index is -0.316. The number of nitrogens with one attached hydrogen (secondary N) is 1. The molecule has 0 aliphatic carbocycles. The van der Waals surface area contributed by atoms with Gasteiger partial charge in [0.05, 0.1) is 23.2 Å². The Kier molecular flexibility index (Phi) is 11.5. The minimum absolute atomic E-state index is 0. The van der Waals surface area contributed by atoms with Crippen LogP contribution in [0.15, 0.2) is 12.1 Å². The Morgan fingerprint density at radius 2 is 2.00 bits per heavy atom. The lowest BCUT2D eigenvalue weighted by molar-refractivity contribution is -0.142. The van der Waals surface area contributed by atoms with Crippen LogP contribution in [0.25, 0.3) is 0 Å². The van der Waals surface area contributed by atoms with E-state index in [1.165, 1.54) is 0 Å². The number of ether oxygens (including phenoxy) is 1. The highest BCUT2D eigenvalue weighted by Gasteiger charge is 2.09. The van der Waals surface area contributed by atoms with Gasteiger partial charge in [0.25, 0.3) is 0 Å². The summed E-state index contributed by atoms with van der Waals surface area (Å²) in [5.41, 5.74) is 6.99. The molecule has 0 radical (unpaired) electrons. The van der Waals surface area contributed by atoms with E-state index in [-0.39, 0.29) is 37.3 Å². The van der Waals surface area contributed by atoms with E-state index >= 15 is 0 Å². The van der Waals surface area contributed by atoms with E-state index in [1.54, 1.807) is 19.1 Å². The van der Waals surface area contributed by atoms with Gasteiger partial charge in [-0.25, -0.2) is 0 Å². The summed E-state index contributed by atoms with van der Waals surface area (Å²) in [5.74, 6) is -0.316. The van der Waals surface area contributed by atoms with Crippen molar-refractivity contribution in [3.63, 3.8) is 0 Å². The van der Waals surface area contributed by atoms with Crippen LogP contribution in [0.1, 0.15) is 12.5 Å².